The summed E-state index contributed by atoms with van der Waals surface area (Å²) in [5, 5.41) is 13.9. The molecule has 0 aliphatic heterocycles. The number of methoxy groups -OCH3 is 1. The molecule has 1 aromatic carbocycles. The molecule has 6 nitrogen and oxygen atoms in total. The van der Waals surface area contributed by atoms with Gasteiger partial charge < -0.3 is 14.6 Å². The number of carbonyl (C=O) groups is 1. The summed E-state index contributed by atoms with van der Waals surface area (Å²) < 4.78 is 6.99. The normalized spacial score (nSPS) is 10.6. The van der Waals surface area contributed by atoms with Gasteiger partial charge in [-0.2, -0.15) is 0 Å². The molecule has 0 fully saturated rings. The minimum atomic E-state index is -0.0918. The number of hydrogen-bond donors (Lipinski definition) is 1. The van der Waals surface area contributed by atoms with Crippen LogP contribution in [-0.4, -0.2) is 33.5 Å². The Labute approximate surface area is 147 Å². The second-order valence-corrected chi connectivity index (χ2v) is 6.80. The Hall–Kier alpha value is -2.32. The van der Waals surface area contributed by atoms with Gasteiger partial charge in [0.15, 0.2) is 11.0 Å². The van der Waals surface area contributed by atoms with E-state index in [4.69, 9.17) is 4.74 Å². The fourth-order valence-electron chi connectivity index (χ4n) is 2.06. The van der Waals surface area contributed by atoms with Crippen LogP contribution in [0.1, 0.15) is 0 Å². The van der Waals surface area contributed by atoms with Crippen molar-refractivity contribution in [3.05, 3.63) is 41.8 Å². The van der Waals surface area contributed by atoms with Gasteiger partial charge in [0, 0.05) is 12.7 Å². The Kier molecular flexibility index (Phi) is 5.17. The van der Waals surface area contributed by atoms with E-state index in [0.717, 1.165) is 22.1 Å². The van der Waals surface area contributed by atoms with Gasteiger partial charge >= 0.3 is 0 Å². The van der Waals surface area contributed by atoms with Gasteiger partial charge in [-0.25, -0.2) is 0 Å². The van der Waals surface area contributed by atoms with Crippen LogP contribution in [0, 0.1) is 0 Å². The third kappa shape index (κ3) is 3.77. The van der Waals surface area contributed by atoms with Crippen LogP contribution in [0.15, 0.2) is 46.9 Å². The van der Waals surface area contributed by atoms with E-state index in [9.17, 15) is 4.79 Å². The molecule has 0 saturated carbocycles. The summed E-state index contributed by atoms with van der Waals surface area (Å²) in [7, 11) is 3.51. The summed E-state index contributed by atoms with van der Waals surface area (Å²) in [5.41, 5.74) is 0.735. The van der Waals surface area contributed by atoms with Crippen molar-refractivity contribution in [2.45, 2.75) is 5.16 Å². The van der Waals surface area contributed by atoms with E-state index in [-0.39, 0.29) is 11.7 Å². The number of hydrogen-bond acceptors (Lipinski definition) is 6. The molecular formula is C16H16N4O2S2. The highest BCUT2D eigenvalue weighted by Crippen LogP contribution is 2.26. The average Bonchev–Trinajstić information content (AvgIpc) is 3.23. The molecule has 0 radical (unpaired) electrons. The summed E-state index contributed by atoms with van der Waals surface area (Å²) in [4.78, 5) is 13.1. The molecule has 0 bridgehead atoms. The molecule has 0 atom stereocenters. The topological polar surface area (TPSA) is 69.0 Å². The number of ether oxygens (including phenoxy) is 1. The predicted octanol–water partition coefficient (Wildman–Crippen LogP) is 3.28. The van der Waals surface area contributed by atoms with Crippen molar-refractivity contribution in [1.82, 2.24) is 14.8 Å². The van der Waals surface area contributed by atoms with Crippen molar-refractivity contribution >= 4 is 34.7 Å². The van der Waals surface area contributed by atoms with E-state index < -0.39 is 0 Å². The minimum absolute atomic E-state index is 0.0918. The van der Waals surface area contributed by atoms with Crippen molar-refractivity contribution in [3.63, 3.8) is 0 Å². The summed E-state index contributed by atoms with van der Waals surface area (Å²) in [6, 6.07) is 11.2. The first-order valence-corrected chi connectivity index (χ1v) is 9.04. The molecule has 2 aromatic heterocycles. The number of benzene rings is 1. The quantitative estimate of drug-likeness (QED) is 0.683. The summed E-state index contributed by atoms with van der Waals surface area (Å²) in [6.07, 6.45) is 0. The number of amides is 1. The lowest BCUT2D eigenvalue weighted by molar-refractivity contribution is -0.113. The van der Waals surface area contributed by atoms with Gasteiger partial charge in [-0.05, 0) is 35.7 Å². The van der Waals surface area contributed by atoms with E-state index in [1.807, 2.05) is 29.1 Å². The van der Waals surface area contributed by atoms with Crippen LogP contribution in [0.4, 0.5) is 5.69 Å². The molecular weight excluding hydrogens is 344 g/mol. The van der Waals surface area contributed by atoms with Crippen molar-refractivity contribution in [1.29, 1.82) is 0 Å². The standard InChI is InChI=1S/C16H16N4O2S2/c1-20-15(13-4-3-9-23-13)18-19-16(20)24-10-14(21)17-11-5-7-12(22-2)8-6-11/h3-9H,10H2,1-2H3,(H,17,21). The minimum Gasteiger partial charge on any atom is -0.497 e. The van der Waals surface area contributed by atoms with E-state index in [0.29, 0.717) is 5.16 Å². The first kappa shape index (κ1) is 16.5. The smallest absolute Gasteiger partial charge is 0.234 e. The van der Waals surface area contributed by atoms with Crippen LogP contribution >= 0.6 is 23.1 Å². The average molecular weight is 360 g/mol. The van der Waals surface area contributed by atoms with Gasteiger partial charge in [0.2, 0.25) is 5.91 Å². The predicted molar refractivity (Wildman–Crippen MR) is 96.7 cm³/mol. The van der Waals surface area contributed by atoms with Crippen molar-refractivity contribution in [2.24, 2.45) is 7.05 Å². The molecule has 24 heavy (non-hydrogen) atoms. The van der Waals surface area contributed by atoms with E-state index in [1.54, 1.807) is 42.7 Å². The van der Waals surface area contributed by atoms with Gasteiger partial charge in [0.25, 0.3) is 0 Å². The Morgan fingerprint density at radius 3 is 2.75 bits per heavy atom. The molecule has 0 saturated heterocycles. The molecule has 3 rings (SSSR count). The summed E-state index contributed by atoms with van der Waals surface area (Å²) >= 11 is 2.97. The van der Waals surface area contributed by atoms with E-state index in [2.05, 4.69) is 15.5 Å². The van der Waals surface area contributed by atoms with Crippen molar-refractivity contribution in [2.75, 3.05) is 18.2 Å². The van der Waals surface area contributed by atoms with Gasteiger partial charge in [0.1, 0.15) is 5.75 Å². The van der Waals surface area contributed by atoms with Crippen LogP contribution in [0.25, 0.3) is 10.7 Å². The lowest BCUT2D eigenvalue weighted by Gasteiger charge is -2.06. The van der Waals surface area contributed by atoms with Gasteiger partial charge in [-0.3, -0.25) is 4.79 Å². The maximum Gasteiger partial charge on any atom is 0.234 e. The van der Waals surface area contributed by atoms with Crippen LogP contribution in [0.5, 0.6) is 5.75 Å². The van der Waals surface area contributed by atoms with Crippen LogP contribution in [0.3, 0.4) is 0 Å². The molecule has 0 aliphatic rings. The van der Waals surface area contributed by atoms with Gasteiger partial charge in [-0.1, -0.05) is 17.8 Å². The lowest BCUT2D eigenvalue weighted by Crippen LogP contribution is -2.14. The van der Waals surface area contributed by atoms with Crippen molar-refractivity contribution in [3.8, 4) is 16.5 Å². The number of thiophene rings is 1. The van der Waals surface area contributed by atoms with Crippen molar-refractivity contribution < 1.29 is 9.53 Å². The fraction of sp³-hybridized carbons (Fsp3) is 0.188. The second kappa shape index (κ2) is 7.50. The van der Waals surface area contributed by atoms with E-state index >= 15 is 0 Å². The SMILES string of the molecule is COc1ccc(NC(=O)CSc2nnc(-c3cccs3)n2C)cc1. The van der Waals surface area contributed by atoms with Crippen LogP contribution in [0.2, 0.25) is 0 Å². The second-order valence-electron chi connectivity index (χ2n) is 4.91. The molecule has 1 amide bonds. The zero-order valence-corrected chi connectivity index (χ0v) is 14.9. The molecule has 124 valence electrons. The molecule has 0 aliphatic carbocycles. The highest BCUT2D eigenvalue weighted by Gasteiger charge is 2.13. The number of nitrogens with one attached hydrogen (secondary N) is 1. The monoisotopic (exact) mass is 360 g/mol. The number of anilines is 1. The number of nitrogens with zero attached hydrogens (tertiary/aromatic N) is 3. The number of thioether (sulfide) groups is 1. The Morgan fingerprint density at radius 2 is 2.08 bits per heavy atom. The fourth-order valence-corrected chi connectivity index (χ4v) is 3.52. The van der Waals surface area contributed by atoms with Gasteiger partial charge in [0.05, 0.1) is 17.7 Å². The number of carbonyl (C=O) groups excluding carboxylic acids is 1. The Bertz CT molecular complexity index is 813. The third-order valence-corrected chi connectivity index (χ3v) is 5.17. The first-order valence-electron chi connectivity index (χ1n) is 7.17. The largest absolute Gasteiger partial charge is 0.497 e. The van der Waals surface area contributed by atoms with Gasteiger partial charge in [-0.15, -0.1) is 21.5 Å². The summed E-state index contributed by atoms with van der Waals surface area (Å²) in [6.45, 7) is 0. The number of aromatic nitrogens is 3. The first-order chi connectivity index (χ1) is 11.7. The molecule has 3 aromatic rings. The third-order valence-electron chi connectivity index (χ3n) is 3.28. The molecule has 1 N–H and O–H groups in total. The molecule has 0 unspecified atom stereocenters. The number of rotatable bonds is 6. The maximum atomic E-state index is 12.1. The zero-order valence-electron chi connectivity index (χ0n) is 13.2. The summed E-state index contributed by atoms with van der Waals surface area (Å²) in [5.74, 6) is 1.74. The van der Waals surface area contributed by atoms with E-state index in [1.165, 1.54) is 11.8 Å². The molecule has 8 heteroatoms. The Morgan fingerprint density at radius 1 is 1.29 bits per heavy atom. The highest BCUT2D eigenvalue weighted by atomic mass is 32.2. The maximum absolute atomic E-state index is 12.1. The zero-order chi connectivity index (χ0) is 16.9. The highest BCUT2D eigenvalue weighted by molar-refractivity contribution is 7.99. The lowest BCUT2D eigenvalue weighted by atomic mass is 10.3. The Balaban J connectivity index is 1.58. The van der Waals surface area contributed by atoms with Crippen LogP contribution in [-0.2, 0) is 11.8 Å². The molecule has 2 heterocycles. The molecule has 0 spiro atoms. The van der Waals surface area contributed by atoms with Crippen LogP contribution < -0.4 is 10.1 Å².